The number of rotatable bonds is 0. The smallest absolute Gasteiger partial charge is 0.410 e. The number of hydrogen-bond donors (Lipinski definition) is 0. The highest BCUT2D eigenvalue weighted by Crippen LogP contribution is 2.48. The van der Waals surface area contributed by atoms with Crippen molar-refractivity contribution in [2.45, 2.75) is 57.6 Å². The minimum absolute atomic E-state index is 0.186. The summed E-state index contributed by atoms with van der Waals surface area (Å²) >= 11 is 0. The Kier molecular flexibility index (Phi) is 3.22. The van der Waals surface area contributed by atoms with Crippen molar-refractivity contribution < 1.29 is 19.0 Å². The van der Waals surface area contributed by atoms with Crippen LogP contribution in [0.15, 0.2) is 12.1 Å². The number of benzene rings is 1. The molecule has 0 aromatic heterocycles. The van der Waals surface area contributed by atoms with E-state index in [-0.39, 0.29) is 12.1 Å². The lowest BCUT2D eigenvalue weighted by atomic mass is 9.79. The maximum Gasteiger partial charge on any atom is 0.410 e. The molecular formula is C18H23NO4. The summed E-state index contributed by atoms with van der Waals surface area (Å²) in [4.78, 5) is 14.4. The van der Waals surface area contributed by atoms with Gasteiger partial charge in [0.2, 0.25) is 6.79 Å². The maximum atomic E-state index is 12.5. The Balaban J connectivity index is 1.60. The third kappa shape index (κ3) is 2.42. The third-order valence-electron chi connectivity index (χ3n) is 4.94. The molecule has 2 aliphatic heterocycles. The summed E-state index contributed by atoms with van der Waals surface area (Å²) in [6.07, 6.45) is 2.67. The number of carbonyl (C=O) groups excluding carboxylic acids is 1. The van der Waals surface area contributed by atoms with Crippen LogP contribution in [0.2, 0.25) is 0 Å². The van der Waals surface area contributed by atoms with Crippen molar-refractivity contribution >= 4 is 6.09 Å². The van der Waals surface area contributed by atoms with E-state index in [0.29, 0.717) is 12.7 Å². The number of carbonyl (C=O) groups is 1. The molecule has 1 aromatic rings. The number of fused-ring (bicyclic) bond motifs is 5. The zero-order valence-corrected chi connectivity index (χ0v) is 13.9. The van der Waals surface area contributed by atoms with Crippen LogP contribution in [-0.2, 0) is 11.2 Å². The van der Waals surface area contributed by atoms with E-state index in [0.717, 1.165) is 37.3 Å². The van der Waals surface area contributed by atoms with E-state index >= 15 is 0 Å². The fourth-order valence-corrected chi connectivity index (χ4v) is 4.06. The maximum absolute atomic E-state index is 12.5. The van der Waals surface area contributed by atoms with Crippen LogP contribution < -0.4 is 9.47 Å². The van der Waals surface area contributed by atoms with Crippen molar-refractivity contribution in [1.82, 2.24) is 4.90 Å². The van der Waals surface area contributed by atoms with E-state index in [1.54, 1.807) is 0 Å². The molecule has 1 saturated heterocycles. The van der Waals surface area contributed by atoms with Gasteiger partial charge in [0.25, 0.3) is 0 Å². The lowest BCUT2D eigenvalue weighted by Gasteiger charge is -2.34. The van der Waals surface area contributed by atoms with Gasteiger partial charge in [0.05, 0.1) is 0 Å². The zero-order chi connectivity index (χ0) is 16.2. The van der Waals surface area contributed by atoms with Gasteiger partial charge in [0.1, 0.15) is 5.60 Å². The molecular weight excluding hydrogens is 294 g/mol. The molecule has 1 unspecified atom stereocenters. The quantitative estimate of drug-likeness (QED) is 0.735. The van der Waals surface area contributed by atoms with Crippen LogP contribution in [-0.4, -0.2) is 36.0 Å². The Labute approximate surface area is 136 Å². The second-order valence-electron chi connectivity index (χ2n) is 7.54. The monoisotopic (exact) mass is 317 g/mol. The molecule has 0 N–H and O–H groups in total. The molecule has 2 heterocycles. The van der Waals surface area contributed by atoms with Gasteiger partial charge in [0, 0.05) is 24.1 Å². The van der Waals surface area contributed by atoms with Crippen LogP contribution in [0.4, 0.5) is 4.79 Å². The standard InChI is InChI=1S/C18H23NO4/c1-18(2,3)23-17(20)19-9-8-12-11-5-7-15-16(22-10-21-15)13(11)4-6-14(12)19/h5,7,12,14H,4,6,8-10H2,1-3H3/t12-,14?/m0/s1. The lowest BCUT2D eigenvalue weighted by Crippen LogP contribution is -2.42. The van der Waals surface area contributed by atoms with Crippen LogP contribution in [0.3, 0.4) is 0 Å². The molecule has 4 rings (SSSR count). The normalized spacial score (nSPS) is 25.1. The van der Waals surface area contributed by atoms with Crippen molar-refractivity contribution in [3.05, 3.63) is 23.3 Å². The molecule has 0 bridgehead atoms. The van der Waals surface area contributed by atoms with Crippen molar-refractivity contribution in [1.29, 1.82) is 0 Å². The summed E-state index contributed by atoms with van der Waals surface area (Å²) in [5.74, 6) is 2.14. The molecule has 5 nitrogen and oxygen atoms in total. The summed E-state index contributed by atoms with van der Waals surface area (Å²) < 4.78 is 16.7. The summed E-state index contributed by atoms with van der Waals surface area (Å²) in [7, 11) is 0. The lowest BCUT2D eigenvalue weighted by molar-refractivity contribution is 0.0210. The van der Waals surface area contributed by atoms with Crippen molar-refractivity contribution in [3.8, 4) is 11.5 Å². The number of ether oxygens (including phenoxy) is 3. The summed E-state index contributed by atoms with van der Waals surface area (Å²) in [5.41, 5.74) is 2.14. The van der Waals surface area contributed by atoms with E-state index in [1.165, 1.54) is 11.1 Å². The molecule has 23 heavy (non-hydrogen) atoms. The van der Waals surface area contributed by atoms with Crippen LogP contribution in [0.25, 0.3) is 0 Å². The molecule has 0 saturated carbocycles. The molecule has 1 aliphatic carbocycles. The van der Waals surface area contributed by atoms with E-state index in [2.05, 4.69) is 6.07 Å². The molecule has 5 heteroatoms. The predicted octanol–water partition coefficient (Wildman–Crippen LogP) is 3.45. The number of likely N-dealkylation sites (tertiary alicyclic amines) is 1. The van der Waals surface area contributed by atoms with Gasteiger partial charge in [-0.1, -0.05) is 6.07 Å². The van der Waals surface area contributed by atoms with Gasteiger partial charge in [-0.05, 0) is 51.7 Å². The molecule has 1 amide bonds. The fraction of sp³-hybridized carbons (Fsp3) is 0.611. The highest BCUT2D eigenvalue weighted by molar-refractivity contribution is 5.70. The van der Waals surface area contributed by atoms with Gasteiger partial charge in [0.15, 0.2) is 11.5 Å². The highest BCUT2D eigenvalue weighted by Gasteiger charge is 2.43. The minimum atomic E-state index is -0.451. The number of amides is 1. The van der Waals surface area contributed by atoms with Crippen molar-refractivity contribution in [2.24, 2.45) is 0 Å². The van der Waals surface area contributed by atoms with Gasteiger partial charge in [-0.2, -0.15) is 0 Å². The zero-order valence-electron chi connectivity index (χ0n) is 13.9. The van der Waals surface area contributed by atoms with Gasteiger partial charge < -0.3 is 19.1 Å². The van der Waals surface area contributed by atoms with Crippen LogP contribution in [0.5, 0.6) is 11.5 Å². The molecule has 124 valence electrons. The molecule has 0 radical (unpaired) electrons. The average Bonchev–Trinajstić information content (AvgIpc) is 3.11. The Bertz CT molecular complexity index is 649. The van der Waals surface area contributed by atoms with Gasteiger partial charge in [-0.3, -0.25) is 0 Å². The van der Waals surface area contributed by atoms with Gasteiger partial charge in [-0.25, -0.2) is 4.79 Å². The first-order chi connectivity index (χ1) is 10.9. The van der Waals surface area contributed by atoms with Crippen LogP contribution in [0.1, 0.15) is 50.7 Å². The SMILES string of the molecule is CC(C)(C)OC(=O)N1CC[C@H]2c3ccc4c(c3CCC21)OCO4. The topological polar surface area (TPSA) is 48.0 Å². The minimum Gasteiger partial charge on any atom is -0.454 e. The Morgan fingerprint density at radius 1 is 1.26 bits per heavy atom. The van der Waals surface area contributed by atoms with Crippen molar-refractivity contribution in [2.75, 3.05) is 13.3 Å². The first-order valence-corrected chi connectivity index (χ1v) is 8.35. The van der Waals surface area contributed by atoms with Crippen LogP contribution in [0, 0.1) is 0 Å². The summed E-state index contributed by atoms with van der Waals surface area (Å²) in [5, 5.41) is 0. The molecule has 2 atom stereocenters. The predicted molar refractivity (Wildman–Crippen MR) is 85.0 cm³/mol. The highest BCUT2D eigenvalue weighted by atomic mass is 16.7. The Hall–Kier alpha value is -1.91. The Morgan fingerprint density at radius 3 is 2.87 bits per heavy atom. The van der Waals surface area contributed by atoms with Crippen LogP contribution >= 0.6 is 0 Å². The van der Waals surface area contributed by atoms with E-state index < -0.39 is 5.60 Å². The van der Waals surface area contributed by atoms with Crippen molar-refractivity contribution in [3.63, 3.8) is 0 Å². The molecule has 1 fully saturated rings. The molecule has 0 spiro atoms. The van der Waals surface area contributed by atoms with E-state index in [1.807, 2.05) is 31.7 Å². The van der Waals surface area contributed by atoms with E-state index in [4.69, 9.17) is 14.2 Å². The first-order valence-electron chi connectivity index (χ1n) is 8.35. The molecule has 1 aromatic carbocycles. The average molecular weight is 317 g/mol. The molecule has 3 aliphatic rings. The number of hydrogen-bond acceptors (Lipinski definition) is 4. The second kappa shape index (κ2) is 5.05. The van der Waals surface area contributed by atoms with E-state index in [9.17, 15) is 4.79 Å². The third-order valence-corrected chi connectivity index (χ3v) is 4.94. The second-order valence-corrected chi connectivity index (χ2v) is 7.54. The fourth-order valence-electron chi connectivity index (χ4n) is 4.06. The van der Waals surface area contributed by atoms with Gasteiger partial charge >= 0.3 is 6.09 Å². The van der Waals surface area contributed by atoms with Gasteiger partial charge in [-0.15, -0.1) is 0 Å². The first kappa shape index (κ1) is 14.7. The largest absolute Gasteiger partial charge is 0.454 e. The summed E-state index contributed by atoms with van der Waals surface area (Å²) in [6, 6.07) is 4.38. The summed E-state index contributed by atoms with van der Waals surface area (Å²) in [6.45, 7) is 6.81. The Morgan fingerprint density at radius 2 is 2.09 bits per heavy atom. The number of nitrogens with zero attached hydrogens (tertiary/aromatic N) is 1.